The van der Waals surface area contributed by atoms with Crippen LogP contribution in [0.25, 0.3) is 23.1 Å². The Labute approximate surface area is 141 Å². The van der Waals surface area contributed by atoms with E-state index in [9.17, 15) is 5.11 Å². The molecule has 0 saturated carbocycles. The van der Waals surface area contributed by atoms with Gasteiger partial charge in [-0.2, -0.15) is 0 Å². The molecular formula is C20H18ClNO. The fraction of sp³-hybridized carbons (Fsp3) is 0.150. The first-order chi connectivity index (χ1) is 11.2. The van der Waals surface area contributed by atoms with Crippen LogP contribution in [0.3, 0.4) is 0 Å². The van der Waals surface area contributed by atoms with Gasteiger partial charge in [0.1, 0.15) is 0 Å². The average Bonchev–Trinajstić information content (AvgIpc) is 2.59. The van der Waals surface area contributed by atoms with Crippen molar-refractivity contribution in [2.75, 3.05) is 0 Å². The van der Waals surface area contributed by atoms with Crippen LogP contribution >= 0.6 is 11.6 Å². The van der Waals surface area contributed by atoms with E-state index in [-0.39, 0.29) is 0 Å². The molecule has 2 aromatic carbocycles. The second-order valence-electron chi connectivity index (χ2n) is 5.50. The van der Waals surface area contributed by atoms with Crippen molar-refractivity contribution in [1.29, 1.82) is 0 Å². The first kappa shape index (κ1) is 15.7. The fourth-order valence-corrected chi connectivity index (χ4v) is 2.65. The normalized spacial score (nSPS) is 12.8. The van der Waals surface area contributed by atoms with Crippen LogP contribution in [-0.4, -0.2) is 10.1 Å². The van der Waals surface area contributed by atoms with Crippen molar-refractivity contribution in [3.05, 3.63) is 76.4 Å². The topological polar surface area (TPSA) is 33.1 Å². The molecule has 0 aliphatic heterocycles. The molecule has 0 amide bonds. The van der Waals surface area contributed by atoms with E-state index in [1.165, 1.54) is 0 Å². The van der Waals surface area contributed by atoms with E-state index in [2.05, 4.69) is 4.98 Å². The Morgan fingerprint density at radius 3 is 2.74 bits per heavy atom. The van der Waals surface area contributed by atoms with Crippen molar-refractivity contribution < 1.29 is 5.11 Å². The largest absolute Gasteiger partial charge is 0.388 e. The number of nitrogens with zero attached hydrogens (tertiary/aromatic N) is 1. The monoisotopic (exact) mass is 323 g/mol. The molecule has 0 radical (unpaired) electrons. The highest BCUT2D eigenvalue weighted by Crippen LogP contribution is 2.20. The predicted octanol–water partition coefficient (Wildman–Crippen LogP) is 5.50. The summed E-state index contributed by atoms with van der Waals surface area (Å²) in [6, 6.07) is 17.6. The standard InChI is InChI=1S/C20H18ClNO/c1-2-20(23)16-5-3-4-14(12-16)6-10-18-11-8-15-7-9-17(21)13-19(15)22-18/h3-13,20,23H,2H2,1H3/b10-6+/t20-/m1/s1. The molecule has 3 aromatic rings. The zero-order valence-electron chi connectivity index (χ0n) is 12.9. The summed E-state index contributed by atoms with van der Waals surface area (Å²) in [7, 11) is 0. The molecule has 0 spiro atoms. The van der Waals surface area contributed by atoms with Crippen LogP contribution in [0, 0.1) is 0 Å². The summed E-state index contributed by atoms with van der Waals surface area (Å²) in [6.07, 6.45) is 4.27. The summed E-state index contributed by atoms with van der Waals surface area (Å²) in [5.74, 6) is 0. The molecule has 116 valence electrons. The van der Waals surface area contributed by atoms with Crippen LogP contribution in [0.15, 0.2) is 54.6 Å². The summed E-state index contributed by atoms with van der Waals surface area (Å²) in [6.45, 7) is 1.97. The van der Waals surface area contributed by atoms with Crippen LogP contribution < -0.4 is 0 Å². The Balaban J connectivity index is 1.87. The van der Waals surface area contributed by atoms with Gasteiger partial charge >= 0.3 is 0 Å². The molecule has 2 nitrogen and oxygen atoms in total. The van der Waals surface area contributed by atoms with Crippen LogP contribution in [0.5, 0.6) is 0 Å². The maximum atomic E-state index is 9.93. The van der Waals surface area contributed by atoms with E-state index in [1.807, 2.05) is 73.7 Å². The van der Waals surface area contributed by atoms with E-state index < -0.39 is 6.10 Å². The number of hydrogen-bond acceptors (Lipinski definition) is 2. The van der Waals surface area contributed by atoms with Crippen molar-refractivity contribution >= 4 is 34.7 Å². The number of pyridine rings is 1. The third-order valence-electron chi connectivity index (χ3n) is 3.80. The highest BCUT2D eigenvalue weighted by Gasteiger charge is 2.04. The Morgan fingerprint density at radius 2 is 1.91 bits per heavy atom. The molecule has 0 saturated heterocycles. The molecule has 3 rings (SSSR count). The Hall–Kier alpha value is -2.16. The lowest BCUT2D eigenvalue weighted by Gasteiger charge is -2.08. The van der Waals surface area contributed by atoms with E-state index >= 15 is 0 Å². The minimum Gasteiger partial charge on any atom is -0.388 e. The molecule has 1 heterocycles. The molecule has 0 fully saturated rings. The summed E-state index contributed by atoms with van der Waals surface area (Å²) in [5.41, 5.74) is 3.74. The SMILES string of the molecule is CC[C@@H](O)c1cccc(/C=C/c2ccc3ccc(Cl)cc3n2)c1. The molecule has 0 aliphatic carbocycles. The van der Waals surface area contributed by atoms with Gasteiger partial charge in [0, 0.05) is 10.4 Å². The van der Waals surface area contributed by atoms with E-state index in [0.29, 0.717) is 11.4 Å². The van der Waals surface area contributed by atoms with Gasteiger partial charge in [-0.3, -0.25) is 0 Å². The number of aliphatic hydroxyl groups is 1. The van der Waals surface area contributed by atoms with Gasteiger partial charge in [0.05, 0.1) is 17.3 Å². The second-order valence-corrected chi connectivity index (χ2v) is 5.94. The maximum absolute atomic E-state index is 9.93. The van der Waals surface area contributed by atoms with Gasteiger partial charge in [-0.05, 0) is 47.9 Å². The Bertz CT molecular complexity index is 857. The molecule has 0 unspecified atom stereocenters. The number of hydrogen-bond donors (Lipinski definition) is 1. The van der Waals surface area contributed by atoms with Gasteiger partial charge < -0.3 is 5.11 Å². The smallest absolute Gasteiger partial charge is 0.0787 e. The number of aromatic nitrogens is 1. The minimum atomic E-state index is -0.413. The molecule has 1 atom stereocenters. The zero-order valence-corrected chi connectivity index (χ0v) is 13.7. The molecular weight excluding hydrogens is 306 g/mol. The number of rotatable bonds is 4. The summed E-state index contributed by atoms with van der Waals surface area (Å²) >= 11 is 6.02. The summed E-state index contributed by atoms with van der Waals surface area (Å²) < 4.78 is 0. The number of aliphatic hydroxyl groups excluding tert-OH is 1. The lowest BCUT2D eigenvalue weighted by molar-refractivity contribution is 0.173. The van der Waals surface area contributed by atoms with Gasteiger partial charge in [0.25, 0.3) is 0 Å². The fourth-order valence-electron chi connectivity index (χ4n) is 2.49. The summed E-state index contributed by atoms with van der Waals surface area (Å²) in [4.78, 5) is 4.60. The van der Waals surface area contributed by atoms with Crippen molar-refractivity contribution in [2.45, 2.75) is 19.4 Å². The van der Waals surface area contributed by atoms with E-state index in [1.54, 1.807) is 0 Å². The van der Waals surface area contributed by atoms with Crippen molar-refractivity contribution in [2.24, 2.45) is 0 Å². The number of halogens is 1. The van der Waals surface area contributed by atoms with Crippen molar-refractivity contribution in [1.82, 2.24) is 4.98 Å². The first-order valence-corrected chi connectivity index (χ1v) is 8.06. The lowest BCUT2D eigenvalue weighted by Crippen LogP contribution is -1.94. The third-order valence-corrected chi connectivity index (χ3v) is 4.04. The molecule has 3 heteroatoms. The quantitative estimate of drug-likeness (QED) is 0.687. The molecule has 23 heavy (non-hydrogen) atoms. The zero-order chi connectivity index (χ0) is 16.2. The van der Waals surface area contributed by atoms with Gasteiger partial charge in [0.15, 0.2) is 0 Å². The Kier molecular flexibility index (Phi) is 4.75. The molecule has 0 aliphatic rings. The van der Waals surface area contributed by atoms with Gasteiger partial charge in [-0.1, -0.05) is 54.9 Å². The third kappa shape index (κ3) is 3.79. The van der Waals surface area contributed by atoms with Gasteiger partial charge in [-0.25, -0.2) is 4.98 Å². The van der Waals surface area contributed by atoms with Crippen LogP contribution in [-0.2, 0) is 0 Å². The average molecular weight is 324 g/mol. The second kappa shape index (κ2) is 6.95. The van der Waals surface area contributed by atoms with E-state index in [4.69, 9.17) is 11.6 Å². The maximum Gasteiger partial charge on any atom is 0.0787 e. The molecule has 1 aromatic heterocycles. The van der Waals surface area contributed by atoms with Gasteiger partial charge in [0.2, 0.25) is 0 Å². The predicted molar refractivity (Wildman–Crippen MR) is 97.4 cm³/mol. The Morgan fingerprint density at radius 1 is 1.09 bits per heavy atom. The minimum absolute atomic E-state index is 0.413. The van der Waals surface area contributed by atoms with E-state index in [0.717, 1.165) is 27.7 Å². The summed E-state index contributed by atoms with van der Waals surface area (Å²) in [5, 5.41) is 11.7. The van der Waals surface area contributed by atoms with Crippen LogP contribution in [0.1, 0.15) is 36.3 Å². The number of benzene rings is 2. The molecule has 0 bridgehead atoms. The first-order valence-electron chi connectivity index (χ1n) is 7.68. The van der Waals surface area contributed by atoms with Crippen LogP contribution in [0.2, 0.25) is 5.02 Å². The highest BCUT2D eigenvalue weighted by molar-refractivity contribution is 6.31. The van der Waals surface area contributed by atoms with Crippen molar-refractivity contribution in [3.8, 4) is 0 Å². The van der Waals surface area contributed by atoms with Gasteiger partial charge in [-0.15, -0.1) is 0 Å². The van der Waals surface area contributed by atoms with Crippen LogP contribution in [0.4, 0.5) is 0 Å². The highest BCUT2D eigenvalue weighted by atomic mass is 35.5. The lowest BCUT2D eigenvalue weighted by atomic mass is 10.0. The number of fused-ring (bicyclic) bond motifs is 1. The molecule has 1 N–H and O–H groups in total. The van der Waals surface area contributed by atoms with Crippen molar-refractivity contribution in [3.63, 3.8) is 0 Å².